The molecule has 3 atom stereocenters. The maximum Gasteiger partial charge on any atom is 0.123 e. The van der Waals surface area contributed by atoms with E-state index < -0.39 is 0 Å². The first-order valence-electron chi connectivity index (χ1n) is 7.06. The molecule has 0 radical (unpaired) electrons. The van der Waals surface area contributed by atoms with Gasteiger partial charge in [0.15, 0.2) is 0 Å². The van der Waals surface area contributed by atoms with E-state index in [1.54, 1.807) is 12.1 Å². The summed E-state index contributed by atoms with van der Waals surface area (Å²) in [5.41, 5.74) is 6.97. The smallest absolute Gasteiger partial charge is 0.123 e. The van der Waals surface area contributed by atoms with Gasteiger partial charge in [0.25, 0.3) is 0 Å². The molecular weight excluding hydrogens is 243 g/mol. The predicted molar refractivity (Wildman–Crippen MR) is 72.8 cm³/mol. The van der Waals surface area contributed by atoms with Crippen LogP contribution in [0.4, 0.5) is 4.39 Å². The summed E-state index contributed by atoms with van der Waals surface area (Å²) >= 11 is 0. The lowest BCUT2D eigenvalue weighted by molar-refractivity contribution is 0.0912. The monoisotopic (exact) mass is 264 g/mol. The molecule has 3 unspecified atom stereocenters. The number of nitrogens with two attached hydrogens (primary N) is 1. The van der Waals surface area contributed by atoms with Crippen LogP contribution in [0.3, 0.4) is 0 Å². The molecule has 2 N–H and O–H groups in total. The second kappa shape index (κ2) is 5.10. The van der Waals surface area contributed by atoms with Gasteiger partial charge < -0.3 is 10.5 Å². The van der Waals surface area contributed by atoms with E-state index in [1.807, 2.05) is 0 Å². The highest BCUT2D eigenvalue weighted by Gasteiger charge is 2.29. The van der Waals surface area contributed by atoms with Crippen LogP contribution in [0.1, 0.15) is 25.3 Å². The molecule has 4 heteroatoms. The summed E-state index contributed by atoms with van der Waals surface area (Å²) in [6.07, 6.45) is 3.06. The van der Waals surface area contributed by atoms with Crippen LogP contribution in [0.2, 0.25) is 0 Å². The van der Waals surface area contributed by atoms with E-state index in [0.717, 1.165) is 43.7 Å². The van der Waals surface area contributed by atoms with Gasteiger partial charge in [-0.1, -0.05) is 0 Å². The SMILES string of the molecule is CC1CC(N)CCN1CC1Cc2cc(F)ccc2O1. The Hall–Kier alpha value is -1.13. The van der Waals surface area contributed by atoms with Gasteiger partial charge in [-0.25, -0.2) is 4.39 Å². The molecule has 1 fully saturated rings. The van der Waals surface area contributed by atoms with E-state index in [2.05, 4.69) is 11.8 Å². The van der Waals surface area contributed by atoms with Gasteiger partial charge in [0.2, 0.25) is 0 Å². The van der Waals surface area contributed by atoms with Crippen molar-refractivity contribution in [3.8, 4) is 5.75 Å². The van der Waals surface area contributed by atoms with Crippen molar-refractivity contribution in [3.63, 3.8) is 0 Å². The molecule has 0 aromatic heterocycles. The Morgan fingerprint density at radius 3 is 3.11 bits per heavy atom. The average Bonchev–Trinajstić information content (AvgIpc) is 2.74. The lowest BCUT2D eigenvalue weighted by Gasteiger charge is -2.37. The van der Waals surface area contributed by atoms with Crippen molar-refractivity contribution in [2.75, 3.05) is 13.1 Å². The number of nitrogens with zero attached hydrogens (tertiary/aromatic N) is 1. The van der Waals surface area contributed by atoms with Gasteiger partial charge in [0, 0.05) is 37.2 Å². The maximum absolute atomic E-state index is 13.2. The van der Waals surface area contributed by atoms with Crippen LogP contribution in [-0.2, 0) is 6.42 Å². The molecule has 3 nitrogen and oxygen atoms in total. The predicted octanol–water partition coefficient (Wildman–Crippen LogP) is 1.94. The lowest BCUT2D eigenvalue weighted by Crippen LogP contribution is -2.48. The third-order valence-electron chi connectivity index (χ3n) is 4.26. The summed E-state index contributed by atoms with van der Waals surface area (Å²) in [6.45, 7) is 4.16. The van der Waals surface area contributed by atoms with Crippen LogP contribution in [0, 0.1) is 5.82 Å². The molecule has 2 aliphatic heterocycles. The Morgan fingerprint density at radius 1 is 1.47 bits per heavy atom. The minimum absolute atomic E-state index is 0.147. The maximum atomic E-state index is 13.2. The van der Waals surface area contributed by atoms with Crippen LogP contribution >= 0.6 is 0 Å². The molecule has 3 rings (SSSR count). The van der Waals surface area contributed by atoms with Gasteiger partial charge in [0.1, 0.15) is 17.7 Å². The Kier molecular flexibility index (Phi) is 3.46. The molecule has 2 heterocycles. The number of hydrogen-bond donors (Lipinski definition) is 1. The highest BCUT2D eigenvalue weighted by Crippen LogP contribution is 2.30. The highest BCUT2D eigenvalue weighted by molar-refractivity contribution is 5.37. The second-order valence-corrected chi connectivity index (χ2v) is 5.82. The lowest BCUT2D eigenvalue weighted by atomic mass is 9.98. The van der Waals surface area contributed by atoms with Crippen LogP contribution in [0.15, 0.2) is 18.2 Å². The number of hydrogen-bond acceptors (Lipinski definition) is 3. The Morgan fingerprint density at radius 2 is 2.32 bits per heavy atom. The van der Waals surface area contributed by atoms with Gasteiger partial charge in [-0.15, -0.1) is 0 Å². The van der Waals surface area contributed by atoms with E-state index in [1.165, 1.54) is 6.07 Å². The number of rotatable bonds is 2. The third-order valence-corrected chi connectivity index (χ3v) is 4.26. The standard InChI is InChI=1S/C15H21FN2O/c1-10-6-13(17)4-5-18(10)9-14-8-11-7-12(16)2-3-15(11)19-14/h2-3,7,10,13-14H,4-6,8-9,17H2,1H3. The summed E-state index contributed by atoms with van der Waals surface area (Å²) in [7, 11) is 0. The molecule has 1 aromatic rings. The summed E-state index contributed by atoms with van der Waals surface area (Å²) in [5.74, 6) is 0.660. The van der Waals surface area contributed by atoms with Gasteiger partial charge in [-0.3, -0.25) is 4.90 Å². The minimum atomic E-state index is -0.180. The average molecular weight is 264 g/mol. The zero-order valence-electron chi connectivity index (χ0n) is 11.3. The number of halogens is 1. The molecule has 0 bridgehead atoms. The molecule has 2 aliphatic rings. The molecule has 104 valence electrons. The number of fused-ring (bicyclic) bond motifs is 1. The summed E-state index contributed by atoms with van der Waals surface area (Å²) in [4.78, 5) is 2.44. The second-order valence-electron chi connectivity index (χ2n) is 5.82. The summed E-state index contributed by atoms with van der Waals surface area (Å²) < 4.78 is 19.1. The first-order valence-corrected chi connectivity index (χ1v) is 7.06. The molecule has 19 heavy (non-hydrogen) atoms. The van der Waals surface area contributed by atoms with Crippen molar-refractivity contribution in [2.45, 2.75) is 44.4 Å². The van der Waals surface area contributed by atoms with E-state index >= 15 is 0 Å². The van der Waals surface area contributed by atoms with Crippen LogP contribution in [0.25, 0.3) is 0 Å². The number of piperidine rings is 1. The minimum Gasteiger partial charge on any atom is -0.488 e. The van der Waals surface area contributed by atoms with Crippen molar-refractivity contribution in [1.82, 2.24) is 4.90 Å². The zero-order chi connectivity index (χ0) is 13.4. The van der Waals surface area contributed by atoms with E-state index in [9.17, 15) is 4.39 Å². The van der Waals surface area contributed by atoms with Gasteiger partial charge in [0.05, 0.1) is 0 Å². The fourth-order valence-corrected chi connectivity index (χ4v) is 3.18. The highest BCUT2D eigenvalue weighted by atomic mass is 19.1. The van der Waals surface area contributed by atoms with Crippen molar-refractivity contribution < 1.29 is 9.13 Å². The Labute approximate surface area is 113 Å². The third kappa shape index (κ3) is 2.74. The van der Waals surface area contributed by atoms with Crippen molar-refractivity contribution >= 4 is 0 Å². The number of benzene rings is 1. The molecule has 0 aliphatic carbocycles. The van der Waals surface area contributed by atoms with E-state index in [0.29, 0.717) is 12.1 Å². The van der Waals surface area contributed by atoms with Crippen LogP contribution in [-0.4, -0.2) is 36.2 Å². The molecular formula is C15H21FN2O. The molecule has 0 spiro atoms. The van der Waals surface area contributed by atoms with Gasteiger partial charge in [-0.05, 0) is 38.0 Å². The molecule has 1 aromatic carbocycles. The number of ether oxygens (including phenoxy) is 1. The first kappa shape index (κ1) is 12.9. The molecule has 0 saturated carbocycles. The van der Waals surface area contributed by atoms with E-state index in [4.69, 9.17) is 10.5 Å². The van der Waals surface area contributed by atoms with Gasteiger partial charge in [-0.2, -0.15) is 0 Å². The zero-order valence-corrected chi connectivity index (χ0v) is 11.3. The molecule has 1 saturated heterocycles. The quantitative estimate of drug-likeness (QED) is 0.887. The van der Waals surface area contributed by atoms with Crippen LogP contribution < -0.4 is 10.5 Å². The number of likely N-dealkylation sites (tertiary alicyclic amines) is 1. The van der Waals surface area contributed by atoms with Crippen molar-refractivity contribution in [2.24, 2.45) is 5.73 Å². The topological polar surface area (TPSA) is 38.5 Å². The summed E-state index contributed by atoms with van der Waals surface area (Å²) in [5, 5.41) is 0. The molecule has 0 amide bonds. The van der Waals surface area contributed by atoms with Gasteiger partial charge >= 0.3 is 0 Å². The largest absolute Gasteiger partial charge is 0.488 e. The fourth-order valence-electron chi connectivity index (χ4n) is 3.18. The van der Waals surface area contributed by atoms with Crippen molar-refractivity contribution in [3.05, 3.63) is 29.6 Å². The summed E-state index contributed by atoms with van der Waals surface area (Å²) in [6, 6.07) is 5.63. The Balaban J connectivity index is 1.61. The Bertz CT molecular complexity index is 465. The normalized spacial score (nSPS) is 31.0. The fraction of sp³-hybridized carbons (Fsp3) is 0.600. The van der Waals surface area contributed by atoms with E-state index in [-0.39, 0.29) is 11.9 Å². The van der Waals surface area contributed by atoms with Crippen LogP contribution in [0.5, 0.6) is 5.75 Å². The first-order chi connectivity index (χ1) is 9.11. The van der Waals surface area contributed by atoms with Crippen molar-refractivity contribution in [1.29, 1.82) is 0 Å².